The molecule has 5 nitrogen and oxygen atoms in total. The molecule has 1 aromatic carbocycles. The first-order valence-corrected chi connectivity index (χ1v) is 3.87. The highest BCUT2D eigenvalue weighted by atomic mass is 16.6. The van der Waals surface area contributed by atoms with Crippen LogP contribution in [0, 0.1) is 0 Å². The van der Waals surface area contributed by atoms with Gasteiger partial charge in [-0.3, -0.25) is 0 Å². The molecular weight excluding hydrogens is 184 g/mol. The van der Waals surface area contributed by atoms with E-state index >= 15 is 0 Å². The van der Waals surface area contributed by atoms with Crippen LogP contribution >= 0.6 is 0 Å². The van der Waals surface area contributed by atoms with Crippen LogP contribution in [-0.2, 0) is 4.74 Å². The van der Waals surface area contributed by atoms with Gasteiger partial charge in [-0.25, -0.2) is 9.59 Å². The highest BCUT2D eigenvalue weighted by molar-refractivity contribution is 6.17. The molecule has 0 aliphatic carbocycles. The summed E-state index contributed by atoms with van der Waals surface area (Å²) < 4.78 is 4.44. The number of nitrogens with two attached hydrogens (primary N) is 1. The standard InChI is InChI=1S/C9H6N2O3/c10-11-4-5-2-1-3-6-7(5)9(13)14-8(6)12/h1-4H,10H2/b11-4+. The summed E-state index contributed by atoms with van der Waals surface area (Å²) in [5, 5.41) is 3.30. The van der Waals surface area contributed by atoms with Crippen molar-refractivity contribution in [2.75, 3.05) is 0 Å². The van der Waals surface area contributed by atoms with Gasteiger partial charge in [0.2, 0.25) is 0 Å². The summed E-state index contributed by atoms with van der Waals surface area (Å²) in [4.78, 5) is 22.3. The predicted octanol–water partition coefficient (Wildman–Crippen LogP) is 0.290. The number of hydrazone groups is 1. The minimum absolute atomic E-state index is 0.228. The van der Waals surface area contributed by atoms with Crippen LogP contribution in [0.15, 0.2) is 23.3 Å². The van der Waals surface area contributed by atoms with Gasteiger partial charge in [-0.1, -0.05) is 12.1 Å². The maximum atomic E-state index is 11.2. The van der Waals surface area contributed by atoms with Crippen LogP contribution in [0.2, 0.25) is 0 Å². The van der Waals surface area contributed by atoms with Crippen LogP contribution in [-0.4, -0.2) is 18.2 Å². The van der Waals surface area contributed by atoms with Crippen molar-refractivity contribution in [1.82, 2.24) is 0 Å². The Balaban J connectivity index is 2.67. The Hall–Kier alpha value is -2.17. The van der Waals surface area contributed by atoms with Gasteiger partial charge >= 0.3 is 11.9 Å². The van der Waals surface area contributed by atoms with Crippen molar-refractivity contribution in [1.29, 1.82) is 0 Å². The predicted molar refractivity (Wildman–Crippen MR) is 48.0 cm³/mol. The quantitative estimate of drug-likeness (QED) is 0.227. The summed E-state index contributed by atoms with van der Waals surface area (Å²) in [6, 6.07) is 4.79. The third-order valence-electron chi connectivity index (χ3n) is 1.92. The molecule has 1 aliphatic rings. The van der Waals surface area contributed by atoms with E-state index in [2.05, 4.69) is 9.84 Å². The van der Waals surface area contributed by atoms with E-state index in [-0.39, 0.29) is 11.1 Å². The fourth-order valence-corrected chi connectivity index (χ4v) is 1.35. The largest absolute Gasteiger partial charge is 0.386 e. The minimum atomic E-state index is -0.652. The zero-order chi connectivity index (χ0) is 10.1. The fraction of sp³-hybridized carbons (Fsp3) is 0. The molecule has 2 N–H and O–H groups in total. The normalized spacial score (nSPS) is 14.6. The molecule has 0 saturated carbocycles. The molecule has 0 amide bonds. The Morgan fingerprint density at radius 1 is 1.29 bits per heavy atom. The van der Waals surface area contributed by atoms with Gasteiger partial charge in [0.1, 0.15) is 0 Å². The van der Waals surface area contributed by atoms with E-state index in [0.717, 1.165) is 0 Å². The molecule has 2 rings (SSSR count). The van der Waals surface area contributed by atoms with Gasteiger partial charge in [-0.2, -0.15) is 5.10 Å². The molecule has 0 saturated heterocycles. The van der Waals surface area contributed by atoms with Crippen LogP contribution in [0.4, 0.5) is 0 Å². The van der Waals surface area contributed by atoms with E-state index in [9.17, 15) is 9.59 Å². The van der Waals surface area contributed by atoms with E-state index in [1.165, 1.54) is 12.3 Å². The number of fused-ring (bicyclic) bond motifs is 1. The smallest absolute Gasteiger partial charge is 0.347 e. The summed E-state index contributed by atoms with van der Waals surface area (Å²) in [7, 11) is 0. The first kappa shape index (κ1) is 8.43. The number of hydrogen-bond acceptors (Lipinski definition) is 5. The molecule has 0 atom stereocenters. The van der Waals surface area contributed by atoms with Gasteiger partial charge in [0, 0.05) is 5.56 Å². The lowest BCUT2D eigenvalue weighted by Gasteiger charge is -1.96. The fourth-order valence-electron chi connectivity index (χ4n) is 1.35. The maximum Gasteiger partial charge on any atom is 0.347 e. The molecule has 0 radical (unpaired) electrons. The second-order valence-electron chi connectivity index (χ2n) is 2.72. The number of rotatable bonds is 1. The van der Waals surface area contributed by atoms with Gasteiger partial charge in [0.15, 0.2) is 0 Å². The van der Waals surface area contributed by atoms with Gasteiger partial charge in [-0.15, -0.1) is 0 Å². The molecule has 14 heavy (non-hydrogen) atoms. The number of esters is 2. The Morgan fingerprint density at radius 2 is 2.07 bits per heavy atom. The highest BCUT2D eigenvalue weighted by Gasteiger charge is 2.31. The Kier molecular flexibility index (Phi) is 1.78. The molecule has 0 unspecified atom stereocenters. The van der Waals surface area contributed by atoms with E-state index in [1.807, 2.05) is 0 Å². The van der Waals surface area contributed by atoms with Crippen LogP contribution in [0.1, 0.15) is 26.3 Å². The third kappa shape index (κ3) is 1.06. The molecular formula is C9H6N2O3. The number of carbonyl (C=O) groups is 2. The third-order valence-corrected chi connectivity index (χ3v) is 1.92. The average Bonchev–Trinajstić information content (AvgIpc) is 2.44. The number of carbonyl (C=O) groups excluding carboxylic acids is 2. The molecule has 0 bridgehead atoms. The van der Waals surface area contributed by atoms with Crippen molar-refractivity contribution in [3.05, 3.63) is 34.9 Å². The number of ether oxygens (including phenoxy) is 1. The van der Waals surface area contributed by atoms with E-state index in [1.54, 1.807) is 12.1 Å². The maximum absolute atomic E-state index is 11.2. The monoisotopic (exact) mass is 190 g/mol. The van der Waals surface area contributed by atoms with Crippen LogP contribution < -0.4 is 5.84 Å². The van der Waals surface area contributed by atoms with Crippen molar-refractivity contribution >= 4 is 18.2 Å². The molecule has 0 fully saturated rings. The lowest BCUT2D eigenvalue weighted by molar-refractivity contribution is 0.0444. The van der Waals surface area contributed by atoms with Crippen LogP contribution in [0.5, 0.6) is 0 Å². The second-order valence-corrected chi connectivity index (χ2v) is 2.72. The van der Waals surface area contributed by atoms with E-state index in [4.69, 9.17) is 5.84 Å². The van der Waals surface area contributed by atoms with E-state index < -0.39 is 11.9 Å². The van der Waals surface area contributed by atoms with Gasteiger partial charge in [-0.05, 0) is 6.07 Å². The molecule has 0 aromatic heterocycles. The average molecular weight is 190 g/mol. The SMILES string of the molecule is N/N=C/c1cccc2c1C(=O)OC2=O. The number of cyclic esters (lactones) is 2. The lowest BCUT2D eigenvalue weighted by atomic mass is 10.0. The molecule has 1 aromatic rings. The van der Waals surface area contributed by atoms with Gasteiger partial charge in [0.25, 0.3) is 0 Å². The summed E-state index contributed by atoms with van der Waals surface area (Å²) in [5.74, 6) is 3.69. The highest BCUT2D eigenvalue weighted by Crippen LogP contribution is 2.22. The lowest BCUT2D eigenvalue weighted by Crippen LogP contribution is -2.00. The van der Waals surface area contributed by atoms with Crippen LogP contribution in [0.25, 0.3) is 0 Å². The summed E-state index contributed by atoms with van der Waals surface area (Å²) >= 11 is 0. The minimum Gasteiger partial charge on any atom is -0.386 e. The van der Waals surface area contributed by atoms with Crippen molar-refractivity contribution in [2.45, 2.75) is 0 Å². The first-order valence-electron chi connectivity index (χ1n) is 3.87. The zero-order valence-corrected chi connectivity index (χ0v) is 7.06. The van der Waals surface area contributed by atoms with Crippen molar-refractivity contribution in [2.24, 2.45) is 10.9 Å². The van der Waals surface area contributed by atoms with Crippen molar-refractivity contribution < 1.29 is 14.3 Å². The molecule has 0 spiro atoms. The van der Waals surface area contributed by atoms with Gasteiger partial charge < -0.3 is 10.6 Å². The first-order chi connectivity index (χ1) is 6.74. The number of benzene rings is 1. The molecule has 5 heteroatoms. The molecule has 1 aliphatic heterocycles. The van der Waals surface area contributed by atoms with Crippen molar-refractivity contribution in [3.63, 3.8) is 0 Å². The number of nitrogens with zero attached hydrogens (tertiary/aromatic N) is 1. The Morgan fingerprint density at radius 3 is 2.79 bits per heavy atom. The number of hydrogen-bond donors (Lipinski definition) is 1. The summed E-state index contributed by atoms with van der Waals surface area (Å²) in [5.41, 5.74) is 0.972. The topological polar surface area (TPSA) is 81.8 Å². The van der Waals surface area contributed by atoms with E-state index in [0.29, 0.717) is 5.56 Å². The van der Waals surface area contributed by atoms with Gasteiger partial charge in [0.05, 0.1) is 17.3 Å². The molecule has 70 valence electrons. The second kappa shape index (κ2) is 2.95. The zero-order valence-electron chi connectivity index (χ0n) is 7.06. The Labute approximate surface area is 79.2 Å². The van der Waals surface area contributed by atoms with Crippen molar-refractivity contribution in [3.8, 4) is 0 Å². The van der Waals surface area contributed by atoms with Crippen LogP contribution in [0.3, 0.4) is 0 Å². The summed E-state index contributed by atoms with van der Waals surface area (Å²) in [6.45, 7) is 0. The molecule has 1 heterocycles. The summed E-state index contributed by atoms with van der Waals surface area (Å²) in [6.07, 6.45) is 1.30. The Bertz CT molecular complexity index is 451.